The van der Waals surface area contributed by atoms with Crippen LogP contribution in [0.15, 0.2) is 0 Å². The van der Waals surface area contributed by atoms with Gasteiger partial charge in [0.05, 0.1) is 6.61 Å². The van der Waals surface area contributed by atoms with Gasteiger partial charge in [-0.15, -0.1) is 0 Å². The average molecular weight is 240 g/mol. The summed E-state index contributed by atoms with van der Waals surface area (Å²) in [6.45, 7) is 0.847. The molecule has 0 aromatic heterocycles. The van der Waals surface area contributed by atoms with E-state index in [0.29, 0.717) is 19.6 Å². The maximum atomic E-state index is 11.7. The summed E-state index contributed by atoms with van der Waals surface area (Å²) < 4.78 is 45.2. The number of hydrogen-bond donors (Lipinski definition) is 0. The van der Waals surface area contributed by atoms with E-state index < -0.39 is 12.6 Å². The molecule has 1 atom stereocenters. The summed E-state index contributed by atoms with van der Waals surface area (Å²) in [5.74, 6) is -0.216. The standard InChI is InChI=1S/C10H15F3O3/c11-10(12,13)3-1-4-15-7-9(14)8-2-5-16-6-8/h8H,1-7H2. The van der Waals surface area contributed by atoms with E-state index in [4.69, 9.17) is 9.47 Å². The Labute approximate surface area is 91.9 Å². The lowest BCUT2D eigenvalue weighted by Gasteiger charge is -2.08. The Morgan fingerprint density at radius 2 is 2.19 bits per heavy atom. The summed E-state index contributed by atoms with van der Waals surface area (Å²) >= 11 is 0. The molecule has 1 fully saturated rings. The second kappa shape index (κ2) is 6.20. The van der Waals surface area contributed by atoms with Gasteiger partial charge in [-0.05, 0) is 12.8 Å². The molecule has 1 saturated heterocycles. The first-order valence-corrected chi connectivity index (χ1v) is 5.24. The van der Waals surface area contributed by atoms with Crippen molar-refractivity contribution in [3.63, 3.8) is 0 Å². The van der Waals surface area contributed by atoms with Crippen LogP contribution in [-0.4, -0.2) is 38.4 Å². The number of Topliss-reactive ketones (excluding diaryl/α,β-unsaturated/α-hetero) is 1. The highest BCUT2D eigenvalue weighted by atomic mass is 19.4. The third kappa shape index (κ3) is 5.46. The lowest BCUT2D eigenvalue weighted by Crippen LogP contribution is -2.20. The summed E-state index contributed by atoms with van der Waals surface area (Å²) in [6.07, 6.45) is -4.43. The SMILES string of the molecule is O=C(COCCCC(F)(F)F)C1CCOC1. The maximum Gasteiger partial charge on any atom is 0.389 e. The van der Waals surface area contributed by atoms with Crippen LogP contribution in [0.1, 0.15) is 19.3 Å². The van der Waals surface area contributed by atoms with Crippen molar-refractivity contribution in [3.8, 4) is 0 Å². The molecular formula is C10H15F3O3. The molecule has 0 radical (unpaired) electrons. The molecule has 94 valence electrons. The van der Waals surface area contributed by atoms with E-state index in [1.807, 2.05) is 0 Å². The summed E-state index contributed by atoms with van der Waals surface area (Å²) in [5, 5.41) is 0. The zero-order valence-electron chi connectivity index (χ0n) is 8.89. The zero-order valence-corrected chi connectivity index (χ0v) is 8.89. The van der Waals surface area contributed by atoms with Crippen molar-refractivity contribution in [1.29, 1.82) is 0 Å². The average Bonchev–Trinajstić information content (AvgIpc) is 2.67. The Morgan fingerprint density at radius 1 is 1.44 bits per heavy atom. The van der Waals surface area contributed by atoms with Gasteiger partial charge in [-0.25, -0.2) is 0 Å². The van der Waals surface area contributed by atoms with E-state index in [0.717, 1.165) is 0 Å². The Morgan fingerprint density at radius 3 is 2.75 bits per heavy atom. The molecule has 0 spiro atoms. The molecule has 3 nitrogen and oxygen atoms in total. The quantitative estimate of drug-likeness (QED) is 0.666. The highest BCUT2D eigenvalue weighted by Crippen LogP contribution is 2.21. The van der Waals surface area contributed by atoms with Crippen LogP contribution in [0.25, 0.3) is 0 Å². The lowest BCUT2D eigenvalue weighted by atomic mass is 10.0. The van der Waals surface area contributed by atoms with Gasteiger partial charge in [0.2, 0.25) is 0 Å². The Bertz CT molecular complexity index is 222. The molecule has 0 amide bonds. The normalized spacial score (nSPS) is 21.3. The van der Waals surface area contributed by atoms with Crippen LogP contribution in [0.2, 0.25) is 0 Å². The number of rotatable bonds is 6. The van der Waals surface area contributed by atoms with E-state index in [9.17, 15) is 18.0 Å². The number of ether oxygens (including phenoxy) is 2. The highest BCUT2D eigenvalue weighted by molar-refractivity contribution is 5.82. The van der Waals surface area contributed by atoms with Gasteiger partial charge in [0, 0.05) is 25.6 Å². The maximum absolute atomic E-state index is 11.7. The summed E-state index contributed by atoms with van der Waals surface area (Å²) in [5.41, 5.74) is 0. The molecule has 6 heteroatoms. The Balaban J connectivity index is 2.00. The minimum Gasteiger partial charge on any atom is -0.381 e. The van der Waals surface area contributed by atoms with E-state index in [2.05, 4.69) is 0 Å². The van der Waals surface area contributed by atoms with Gasteiger partial charge in [-0.3, -0.25) is 4.79 Å². The molecule has 1 heterocycles. The summed E-state index contributed by atoms with van der Waals surface area (Å²) in [7, 11) is 0. The van der Waals surface area contributed by atoms with Crippen molar-refractivity contribution >= 4 is 5.78 Å². The molecule has 1 aliphatic heterocycles. The van der Waals surface area contributed by atoms with Crippen LogP contribution < -0.4 is 0 Å². The van der Waals surface area contributed by atoms with E-state index >= 15 is 0 Å². The van der Waals surface area contributed by atoms with Gasteiger partial charge in [0.1, 0.15) is 6.61 Å². The Hall–Kier alpha value is -0.620. The van der Waals surface area contributed by atoms with Crippen molar-refractivity contribution < 1.29 is 27.4 Å². The van der Waals surface area contributed by atoms with E-state index in [-0.39, 0.29) is 31.3 Å². The van der Waals surface area contributed by atoms with Gasteiger partial charge in [0.25, 0.3) is 0 Å². The second-order valence-electron chi connectivity index (χ2n) is 3.80. The predicted molar refractivity (Wildman–Crippen MR) is 50.0 cm³/mol. The Kier molecular flexibility index (Phi) is 5.21. The molecule has 1 aliphatic rings. The molecule has 0 N–H and O–H groups in total. The molecular weight excluding hydrogens is 225 g/mol. The van der Waals surface area contributed by atoms with E-state index in [1.165, 1.54) is 0 Å². The van der Waals surface area contributed by atoms with Crippen molar-refractivity contribution in [3.05, 3.63) is 0 Å². The topological polar surface area (TPSA) is 35.5 Å². The minimum atomic E-state index is -4.15. The third-order valence-corrected chi connectivity index (χ3v) is 2.38. The first kappa shape index (κ1) is 13.4. The van der Waals surface area contributed by atoms with Crippen LogP contribution in [0.3, 0.4) is 0 Å². The monoisotopic (exact) mass is 240 g/mol. The van der Waals surface area contributed by atoms with Crippen molar-refractivity contribution in [2.24, 2.45) is 5.92 Å². The number of alkyl halides is 3. The molecule has 0 aromatic carbocycles. The van der Waals surface area contributed by atoms with Crippen molar-refractivity contribution in [2.45, 2.75) is 25.4 Å². The second-order valence-corrected chi connectivity index (χ2v) is 3.80. The molecule has 0 saturated carbocycles. The smallest absolute Gasteiger partial charge is 0.381 e. The van der Waals surface area contributed by atoms with Gasteiger partial charge in [-0.1, -0.05) is 0 Å². The largest absolute Gasteiger partial charge is 0.389 e. The summed E-state index contributed by atoms with van der Waals surface area (Å²) in [4.78, 5) is 11.4. The highest BCUT2D eigenvalue weighted by Gasteiger charge is 2.26. The number of hydrogen-bond acceptors (Lipinski definition) is 3. The van der Waals surface area contributed by atoms with Crippen LogP contribution in [0, 0.1) is 5.92 Å². The first-order valence-electron chi connectivity index (χ1n) is 5.24. The van der Waals surface area contributed by atoms with Crippen LogP contribution in [0.4, 0.5) is 13.2 Å². The predicted octanol–water partition coefficient (Wildman–Crippen LogP) is 1.95. The van der Waals surface area contributed by atoms with Crippen LogP contribution in [0.5, 0.6) is 0 Å². The molecule has 0 aliphatic carbocycles. The lowest BCUT2D eigenvalue weighted by molar-refractivity contribution is -0.138. The number of ketones is 1. The van der Waals surface area contributed by atoms with Gasteiger partial charge < -0.3 is 9.47 Å². The number of halogens is 3. The fraction of sp³-hybridized carbons (Fsp3) is 0.900. The van der Waals surface area contributed by atoms with Crippen molar-refractivity contribution in [2.75, 3.05) is 26.4 Å². The summed E-state index contributed by atoms with van der Waals surface area (Å²) in [6, 6.07) is 0. The molecule has 1 rings (SSSR count). The zero-order chi connectivity index (χ0) is 12.0. The minimum absolute atomic E-state index is 0.0289. The van der Waals surface area contributed by atoms with E-state index in [1.54, 1.807) is 0 Å². The first-order chi connectivity index (χ1) is 7.49. The van der Waals surface area contributed by atoms with Crippen LogP contribution in [-0.2, 0) is 14.3 Å². The number of carbonyl (C=O) groups is 1. The molecule has 16 heavy (non-hydrogen) atoms. The van der Waals surface area contributed by atoms with Crippen LogP contribution >= 0.6 is 0 Å². The van der Waals surface area contributed by atoms with Gasteiger partial charge >= 0.3 is 6.18 Å². The fourth-order valence-electron chi connectivity index (χ4n) is 1.45. The molecule has 0 aromatic rings. The fourth-order valence-corrected chi connectivity index (χ4v) is 1.45. The number of carbonyl (C=O) groups excluding carboxylic acids is 1. The molecule has 1 unspecified atom stereocenters. The van der Waals surface area contributed by atoms with Gasteiger partial charge in [0.15, 0.2) is 5.78 Å². The van der Waals surface area contributed by atoms with Gasteiger partial charge in [-0.2, -0.15) is 13.2 Å². The molecule has 0 bridgehead atoms. The third-order valence-electron chi connectivity index (χ3n) is 2.38. The van der Waals surface area contributed by atoms with Crippen molar-refractivity contribution in [1.82, 2.24) is 0 Å².